The van der Waals surface area contributed by atoms with Gasteiger partial charge in [0.1, 0.15) is 5.75 Å². The lowest BCUT2D eigenvalue weighted by molar-refractivity contribution is 0.488. The summed E-state index contributed by atoms with van der Waals surface area (Å²) in [6.45, 7) is 13.9. The second-order valence-corrected chi connectivity index (χ2v) is 11.9. The third kappa shape index (κ3) is 3.37. The van der Waals surface area contributed by atoms with Gasteiger partial charge in [0, 0.05) is 11.0 Å². The average molecular weight is 330 g/mol. The van der Waals surface area contributed by atoms with Crippen LogP contribution in [0.25, 0.3) is 0 Å². The van der Waals surface area contributed by atoms with Gasteiger partial charge in [-0.3, -0.25) is 0 Å². The van der Waals surface area contributed by atoms with Crippen LogP contribution in [0.15, 0.2) is 16.6 Å². The molecule has 0 saturated carbocycles. The van der Waals surface area contributed by atoms with E-state index in [1.54, 1.807) is 0 Å². The minimum absolute atomic E-state index is 0.204. The van der Waals surface area contributed by atoms with E-state index in [9.17, 15) is 0 Å². The van der Waals surface area contributed by atoms with Crippen LogP contribution in [-0.2, 0) is 6.54 Å². The van der Waals surface area contributed by atoms with Crippen molar-refractivity contribution in [3.63, 3.8) is 0 Å². The van der Waals surface area contributed by atoms with Crippen LogP contribution in [0.4, 0.5) is 0 Å². The summed E-state index contributed by atoms with van der Waals surface area (Å²) in [5.41, 5.74) is 7.99. The molecule has 1 rings (SSSR count). The summed E-state index contributed by atoms with van der Waals surface area (Å²) in [6.07, 6.45) is 0. The molecule has 0 aromatic heterocycles. The molecule has 0 radical (unpaired) electrons. The first-order chi connectivity index (χ1) is 8.08. The van der Waals surface area contributed by atoms with Crippen molar-refractivity contribution in [1.82, 2.24) is 0 Å². The SMILES string of the molecule is Cc1cc(Br)c(CN)cc1O[Si](C)(C)C(C)(C)C. The van der Waals surface area contributed by atoms with Gasteiger partial charge in [-0.05, 0) is 48.3 Å². The van der Waals surface area contributed by atoms with Crippen LogP contribution in [0.3, 0.4) is 0 Å². The van der Waals surface area contributed by atoms with Crippen LogP contribution in [0.5, 0.6) is 5.75 Å². The molecule has 2 nitrogen and oxygen atoms in total. The van der Waals surface area contributed by atoms with Crippen LogP contribution < -0.4 is 10.2 Å². The molecule has 0 fully saturated rings. The predicted molar refractivity (Wildman–Crippen MR) is 84.6 cm³/mol. The molecule has 18 heavy (non-hydrogen) atoms. The molecule has 0 spiro atoms. The van der Waals surface area contributed by atoms with Crippen molar-refractivity contribution >= 4 is 24.2 Å². The summed E-state index contributed by atoms with van der Waals surface area (Å²) in [6, 6.07) is 4.16. The number of hydrogen-bond donors (Lipinski definition) is 1. The summed E-state index contributed by atoms with van der Waals surface area (Å²) in [4.78, 5) is 0. The third-order valence-corrected chi connectivity index (χ3v) is 8.82. The van der Waals surface area contributed by atoms with Gasteiger partial charge in [0.05, 0.1) is 0 Å². The van der Waals surface area contributed by atoms with E-state index in [0.29, 0.717) is 6.54 Å². The third-order valence-electron chi connectivity index (χ3n) is 3.74. The fourth-order valence-electron chi connectivity index (χ4n) is 1.39. The Kier molecular flexibility index (Phi) is 4.68. The summed E-state index contributed by atoms with van der Waals surface area (Å²) in [7, 11) is -1.79. The summed E-state index contributed by atoms with van der Waals surface area (Å²) < 4.78 is 7.42. The molecule has 0 unspecified atom stereocenters. The van der Waals surface area contributed by atoms with Crippen molar-refractivity contribution in [1.29, 1.82) is 0 Å². The van der Waals surface area contributed by atoms with E-state index < -0.39 is 8.32 Å². The molecule has 4 heteroatoms. The molecule has 0 aliphatic rings. The first-order valence-corrected chi connectivity index (χ1v) is 9.96. The highest BCUT2D eigenvalue weighted by atomic mass is 79.9. The lowest BCUT2D eigenvalue weighted by atomic mass is 10.1. The standard InChI is InChI=1S/C14H24BrNOSi/c1-10-7-12(15)11(9-16)8-13(10)17-18(5,6)14(2,3)4/h7-8H,9,16H2,1-6H3. The normalized spacial score (nSPS) is 12.7. The fourth-order valence-corrected chi connectivity index (χ4v) is 3.08. The first kappa shape index (κ1) is 15.7. The zero-order valence-corrected chi connectivity index (χ0v) is 14.8. The van der Waals surface area contributed by atoms with Crippen molar-refractivity contribution in [2.24, 2.45) is 5.73 Å². The number of rotatable bonds is 3. The topological polar surface area (TPSA) is 35.2 Å². The predicted octanol–water partition coefficient (Wildman–Crippen LogP) is 4.60. The molecule has 0 bridgehead atoms. The average Bonchev–Trinajstić information content (AvgIpc) is 2.20. The van der Waals surface area contributed by atoms with E-state index in [1.807, 2.05) is 0 Å². The van der Waals surface area contributed by atoms with Crippen molar-refractivity contribution in [3.8, 4) is 5.75 Å². The molecule has 0 heterocycles. The van der Waals surface area contributed by atoms with Crippen LogP contribution in [0.2, 0.25) is 18.1 Å². The molecule has 102 valence electrons. The lowest BCUT2D eigenvalue weighted by Crippen LogP contribution is -2.44. The lowest BCUT2D eigenvalue weighted by Gasteiger charge is -2.37. The summed E-state index contributed by atoms with van der Waals surface area (Å²) >= 11 is 3.54. The monoisotopic (exact) mass is 329 g/mol. The molecule has 0 atom stereocenters. The van der Waals surface area contributed by atoms with Crippen molar-refractivity contribution in [2.45, 2.75) is 52.4 Å². The highest BCUT2D eigenvalue weighted by Gasteiger charge is 2.39. The largest absolute Gasteiger partial charge is 0.543 e. The quantitative estimate of drug-likeness (QED) is 0.822. The maximum absolute atomic E-state index is 6.36. The van der Waals surface area contributed by atoms with Crippen molar-refractivity contribution in [3.05, 3.63) is 27.7 Å². The zero-order valence-electron chi connectivity index (χ0n) is 12.2. The van der Waals surface area contributed by atoms with Crippen molar-refractivity contribution in [2.75, 3.05) is 0 Å². The Morgan fingerprint density at radius 3 is 2.28 bits per heavy atom. The minimum atomic E-state index is -1.79. The molecule has 0 saturated heterocycles. The Labute approximate surface area is 120 Å². The molecule has 0 aliphatic heterocycles. The molecule has 1 aromatic rings. The van der Waals surface area contributed by atoms with Crippen LogP contribution in [-0.4, -0.2) is 8.32 Å². The van der Waals surface area contributed by atoms with Gasteiger partial charge in [-0.25, -0.2) is 0 Å². The first-order valence-electron chi connectivity index (χ1n) is 6.26. The molecule has 1 aromatic carbocycles. The van der Waals surface area contributed by atoms with E-state index in [-0.39, 0.29) is 5.04 Å². The van der Waals surface area contributed by atoms with Gasteiger partial charge in [0.25, 0.3) is 0 Å². The highest BCUT2D eigenvalue weighted by molar-refractivity contribution is 9.10. The second-order valence-electron chi connectivity index (χ2n) is 6.28. The smallest absolute Gasteiger partial charge is 0.250 e. The Bertz CT molecular complexity index is 438. The van der Waals surface area contributed by atoms with E-state index >= 15 is 0 Å². The zero-order chi connectivity index (χ0) is 14.1. The van der Waals surface area contributed by atoms with Crippen LogP contribution in [0.1, 0.15) is 31.9 Å². The van der Waals surface area contributed by atoms with Gasteiger partial charge in [-0.1, -0.05) is 36.7 Å². The van der Waals surface area contributed by atoms with Crippen LogP contribution in [0, 0.1) is 6.92 Å². The Morgan fingerprint density at radius 1 is 1.28 bits per heavy atom. The molecular weight excluding hydrogens is 306 g/mol. The van der Waals surface area contributed by atoms with Gasteiger partial charge >= 0.3 is 0 Å². The molecule has 2 N–H and O–H groups in total. The van der Waals surface area contributed by atoms with Gasteiger partial charge < -0.3 is 10.2 Å². The van der Waals surface area contributed by atoms with Gasteiger partial charge in [-0.15, -0.1) is 0 Å². The highest BCUT2D eigenvalue weighted by Crippen LogP contribution is 2.39. The van der Waals surface area contributed by atoms with E-state index in [0.717, 1.165) is 21.3 Å². The minimum Gasteiger partial charge on any atom is -0.543 e. The van der Waals surface area contributed by atoms with Gasteiger partial charge in [0.2, 0.25) is 8.32 Å². The summed E-state index contributed by atoms with van der Waals surface area (Å²) in [5.74, 6) is 0.977. The molecule has 0 aliphatic carbocycles. The van der Waals surface area contributed by atoms with Crippen molar-refractivity contribution < 1.29 is 4.43 Å². The Balaban J connectivity index is 3.12. The molecule has 0 amide bonds. The van der Waals surface area contributed by atoms with E-state index in [1.165, 1.54) is 0 Å². The number of halogens is 1. The van der Waals surface area contributed by atoms with Gasteiger partial charge in [0.15, 0.2) is 0 Å². The Hall–Kier alpha value is -0.323. The molecular formula is C14H24BrNOSi. The van der Waals surface area contributed by atoms with E-state index in [2.05, 4.69) is 68.9 Å². The van der Waals surface area contributed by atoms with Gasteiger partial charge in [-0.2, -0.15) is 0 Å². The number of hydrogen-bond acceptors (Lipinski definition) is 2. The van der Waals surface area contributed by atoms with Crippen LogP contribution >= 0.6 is 15.9 Å². The second kappa shape index (κ2) is 5.35. The maximum atomic E-state index is 6.36. The summed E-state index contributed by atoms with van der Waals surface area (Å²) in [5, 5.41) is 0.204. The fraction of sp³-hybridized carbons (Fsp3) is 0.571. The maximum Gasteiger partial charge on any atom is 0.250 e. The number of nitrogens with two attached hydrogens (primary N) is 1. The number of benzene rings is 1. The Morgan fingerprint density at radius 2 is 1.83 bits per heavy atom. The van der Waals surface area contributed by atoms with E-state index in [4.69, 9.17) is 10.2 Å². The number of aryl methyl sites for hydroxylation is 1.